The van der Waals surface area contributed by atoms with E-state index in [2.05, 4.69) is 28.4 Å². The largest absolute Gasteiger partial charge is 0.481 e. The predicted molar refractivity (Wildman–Crippen MR) is 93.5 cm³/mol. The standard InChI is InChI=1S/C18H13N3O3S/c22-17(23)10-15-21-20-14(24-15)9-16-19-18-12(7-4-8-13(18)25-16)11-5-2-1-3-6-11/h1-8H,9-10H2,(H,22,23). The Labute approximate surface area is 146 Å². The summed E-state index contributed by atoms with van der Waals surface area (Å²) in [4.78, 5) is 15.4. The Morgan fingerprint density at radius 1 is 1.04 bits per heavy atom. The van der Waals surface area contributed by atoms with Crippen LogP contribution in [0.2, 0.25) is 0 Å². The minimum absolute atomic E-state index is 0.105. The fraction of sp³-hybridized carbons (Fsp3) is 0.111. The van der Waals surface area contributed by atoms with Gasteiger partial charge in [0.05, 0.1) is 16.6 Å². The van der Waals surface area contributed by atoms with E-state index in [4.69, 9.17) is 14.5 Å². The summed E-state index contributed by atoms with van der Waals surface area (Å²) in [6, 6.07) is 16.2. The van der Waals surface area contributed by atoms with E-state index in [-0.39, 0.29) is 12.3 Å². The summed E-state index contributed by atoms with van der Waals surface area (Å²) < 4.78 is 6.46. The summed E-state index contributed by atoms with van der Waals surface area (Å²) in [7, 11) is 0. The monoisotopic (exact) mass is 351 g/mol. The summed E-state index contributed by atoms with van der Waals surface area (Å²) >= 11 is 1.57. The van der Waals surface area contributed by atoms with Gasteiger partial charge in [-0.05, 0) is 11.6 Å². The van der Waals surface area contributed by atoms with E-state index < -0.39 is 5.97 Å². The Hall–Kier alpha value is -3.06. The number of aliphatic carboxylic acids is 1. The third-order valence-corrected chi connectivity index (χ3v) is 4.68. The smallest absolute Gasteiger partial charge is 0.312 e. The second kappa shape index (κ2) is 6.45. The molecule has 1 N–H and O–H groups in total. The van der Waals surface area contributed by atoms with Crippen LogP contribution >= 0.6 is 11.3 Å². The van der Waals surface area contributed by atoms with Crippen LogP contribution in [0.25, 0.3) is 21.3 Å². The molecule has 7 heteroatoms. The molecule has 4 rings (SSSR count). The molecule has 2 heterocycles. The van der Waals surface area contributed by atoms with E-state index in [9.17, 15) is 4.79 Å². The molecule has 124 valence electrons. The van der Waals surface area contributed by atoms with Gasteiger partial charge in [-0.15, -0.1) is 21.5 Å². The van der Waals surface area contributed by atoms with Crippen LogP contribution in [0.15, 0.2) is 52.9 Å². The average Bonchev–Trinajstić information content (AvgIpc) is 3.21. The van der Waals surface area contributed by atoms with Crippen molar-refractivity contribution < 1.29 is 14.3 Å². The number of hydrogen-bond donors (Lipinski definition) is 1. The zero-order valence-corrected chi connectivity index (χ0v) is 13.9. The summed E-state index contributed by atoms with van der Waals surface area (Å²) in [5.41, 5.74) is 3.14. The highest BCUT2D eigenvalue weighted by Crippen LogP contribution is 2.32. The van der Waals surface area contributed by atoms with Crippen molar-refractivity contribution in [2.24, 2.45) is 0 Å². The van der Waals surface area contributed by atoms with Gasteiger partial charge in [-0.3, -0.25) is 4.79 Å². The van der Waals surface area contributed by atoms with Crippen molar-refractivity contribution in [3.8, 4) is 11.1 Å². The van der Waals surface area contributed by atoms with Crippen molar-refractivity contribution in [1.82, 2.24) is 15.2 Å². The maximum atomic E-state index is 10.7. The summed E-state index contributed by atoms with van der Waals surface area (Å²) in [5.74, 6) is -0.521. The van der Waals surface area contributed by atoms with Crippen molar-refractivity contribution in [2.45, 2.75) is 12.8 Å². The molecule has 0 fully saturated rings. The van der Waals surface area contributed by atoms with Gasteiger partial charge in [0.2, 0.25) is 11.8 Å². The highest BCUT2D eigenvalue weighted by molar-refractivity contribution is 7.18. The van der Waals surface area contributed by atoms with Crippen LogP contribution in [0.4, 0.5) is 0 Å². The number of carboxylic acids is 1. The number of carbonyl (C=O) groups is 1. The van der Waals surface area contributed by atoms with E-state index in [0.717, 1.165) is 26.4 Å². The number of fused-ring (bicyclic) bond motifs is 1. The molecular weight excluding hydrogens is 338 g/mol. The van der Waals surface area contributed by atoms with Gasteiger partial charge in [0.15, 0.2) is 0 Å². The number of rotatable bonds is 5. The molecule has 0 amide bonds. The van der Waals surface area contributed by atoms with Crippen LogP contribution in [-0.2, 0) is 17.6 Å². The fourth-order valence-electron chi connectivity index (χ4n) is 2.61. The molecule has 0 saturated heterocycles. The highest BCUT2D eigenvalue weighted by Gasteiger charge is 2.14. The maximum absolute atomic E-state index is 10.7. The van der Waals surface area contributed by atoms with E-state index in [1.165, 1.54) is 0 Å². The van der Waals surface area contributed by atoms with Crippen LogP contribution in [0, 0.1) is 0 Å². The zero-order chi connectivity index (χ0) is 17.2. The van der Waals surface area contributed by atoms with Crippen LogP contribution < -0.4 is 0 Å². The van der Waals surface area contributed by atoms with Crippen LogP contribution in [0.3, 0.4) is 0 Å². The van der Waals surface area contributed by atoms with Crippen molar-refractivity contribution >= 4 is 27.5 Å². The number of nitrogens with zero attached hydrogens (tertiary/aromatic N) is 3. The quantitative estimate of drug-likeness (QED) is 0.591. The second-order valence-corrected chi connectivity index (χ2v) is 6.58. The third-order valence-electron chi connectivity index (χ3n) is 3.66. The van der Waals surface area contributed by atoms with Gasteiger partial charge < -0.3 is 9.52 Å². The van der Waals surface area contributed by atoms with Crippen LogP contribution in [-0.4, -0.2) is 26.3 Å². The first-order chi connectivity index (χ1) is 12.2. The molecule has 2 aromatic carbocycles. The fourth-order valence-corrected chi connectivity index (χ4v) is 3.60. The molecule has 0 aliphatic heterocycles. The number of aromatic nitrogens is 3. The van der Waals surface area contributed by atoms with E-state index in [1.54, 1.807) is 11.3 Å². The Morgan fingerprint density at radius 3 is 2.64 bits per heavy atom. The highest BCUT2D eigenvalue weighted by atomic mass is 32.1. The SMILES string of the molecule is O=C(O)Cc1nnc(Cc2nc3c(-c4ccccc4)cccc3s2)o1. The molecule has 0 saturated carbocycles. The lowest BCUT2D eigenvalue weighted by molar-refractivity contribution is -0.136. The Morgan fingerprint density at radius 2 is 1.84 bits per heavy atom. The molecule has 0 atom stereocenters. The van der Waals surface area contributed by atoms with Crippen LogP contribution in [0.5, 0.6) is 0 Å². The average molecular weight is 351 g/mol. The number of para-hydroxylation sites is 1. The lowest BCUT2D eigenvalue weighted by Crippen LogP contribution is -1.99. The Balaban J connectivity index is 1.65. The summed E-state index contributed by atoms with van der Waals surface area (Å²) in [6.45, 7) is 0. The van der Waals surface area contributed by atoms with E-state index >= 15 is 0 Å². The predicted octanol–water partition coefficient (Wildman–Crippen LogP) is 3.56. The minimum atomic E-state index is -0.998. The van der Waals surface area contributed by atoms with Crippen LogP contribution in [0.1, 0.15) is 16.8 Å². The molecule has 4 aromatic rings. The molecule has 6 nitrogen and oxygen atoms in total. The van der Waals surface area contributed by atoms with E-state index in [1.807, 2.05) is 30.3 Å². The lowest BCUT2D eigenvalue weighted by atomic mass is 10.1. The topological polar surface area (TPSA) is 89.1 Å². The van der Waals surface area contributed by atoms with Gasteiger partial charge in [-0.2, -0.15) is 0 Å². The zero-order valence-electron chi connectivity index (χ0n) is 13.0. The molecule has 0 aliphatic carbocycles. The van der Waals surface area contributed by atoms with Gasteiger partial charge in [-0.25, -0.2) is 4.98 Å². The van der Waals surface area contributed by atoms with Gasteiger partial charge in [0, 0.05) is 5.56 Å². The van der Waals surface area contributed by atoms with Crippen molar-refractivity contribution in [1.29, 1.82) is 0 Å². The molecule has 0 unspecified atom stereocenters. The molecule has 0 radical (unpaired) electrons. The number of benzene rings is 2. The maximum Gasteiger partial charge on any atom is 0.312 e. The van der Waals surface area contributed by atoms with Crippen molar-refractivity contribution in [3.05, 3.63) is 65.3 Å². The third kappa shape index (κ3) is 3.27. The van der Waals surface area contributed by atoms with Crippen molar-refractivity contribution in [3.63, 3.8) is 0 Å². The molecule has 0 aliphatic rings. The first-order valence-electron chi connectivity index (χ1n) is 7.66. The van der Waals surface area contributed by atoms with Gasteiger partial charge in [0.25, 0.3) is 0 Å². The second-order valence-electron chi connectivity index (χ2n) is 5.46. The number of thiazole rings is 1. The summed E-state index contributed by atoms with van der Waals surface area (Å²) in [6.07, 6.45) is 0.116. The molecular formula is C18H13N3O3S. The first kappa shape index (κ1) is 15.5. The molecule has 2 aromatic heterocycles. The number of hydrogen-bond acceptors (Lipinski definition) is 6. The summed E-state index contributed by atoms with van der Waals surface area (Å²) in [5, 5.41) is 17.3. The Kier molecular flexibility index (Phi) is 3.99. The van der Waals surface area contributed by atoms with Gasteiger partial charge in [0.1, 0.15) is 11.4 Å². The minimum Gasteiger partial charge on any atom is -0.481 e. The number of carboxylic acid groups (broad SMARTS) is 1. The van der Waals surface area contributed by atoms with Gasteiger partial charge in [-0.1, -0.05) is 42.5 Å². The Bertz CT molecular complexity index is 1040. The molecule has 25 heavy (non-hydrogen) atoms. The van der Waals surface area contributed by atoms with E-state index in [0.29, 0.717) is 12.3 Å². The normalized spacial score (nSPS) is 11.0. The van der Waals surface area contributed by atoms with Gasteiger partial charge >= 0.3 is 5.97 Å². The molecule has 0 spiro atoms. The molecule has 0 bridgehead atoms. The van der Waals surface area contributed by atoms with Crippen molar-refractivity contribution in [2.75, 3.05) is 0 Å². The lowest BCUT2D eigenvalue weighted by Gasteiger charge is -2.01. The first-order valence-corrected chi connectivity index (χ1v) is 8.47.